The number of rotatable bonds is 1. The van der Waals surface area contributed by atoms with E-state index in [-0.39, 0.29) is 12.5 Å². The lowest BCUT2D eigenvalue weighted by Gasteiger charge is -2.34. The van der Waals surface area contributed by atoms with Gasteiger partial charge in [0.05, 0.1) is 17.9 Å². The van der Waals surface area contributed by atoms with Gasteiger partial charge in [-0.2, -0.15) is 0 Å². The molecule has 4 nitrogen and oxygen atoms in total. The Kier molecular flexibility index (Phi) is 2.85. The van der Waals surface area contributed by atoms with E-state index in [2.05, 4.69) is 28.4 Å². The quantitative estimate of drug-likeness (QED) is 0.675. The summed E-state index contributed by atoms with van der Waals surface area (Å²) in [5.41, 5.74) is 4.24. The van der Waals surface area contributed by atoms with E-state index in [0.29, 0.717) is 0 Å². The Balaban J connectivity index is 1.84. The Labute approximate surface area is 145 Å². The second-order valence-electron chi connectivity index (χ2n) is 6.56. The molecule has 1 atom stereocenters. The first-order valence-electron chi connectivity index (χ1n) is 8.47. The molecule has 3 aromatic rings. The molecule has 0 radical (unpaired) electrons. The fourth-order valence-electron chi connectivity index (χ4n) is 4.36. The second-order valence-corrected chi connectivity index (χ2v) is 6.56. The molecule has 3 heterocycles. The molecule has 2 aliphatic heterocycles. The Morgan fingerprint density at radius 1 is 1.16 bits per heavy atom. The van der Waals surface area contributed by atoms with Crippen LogP contribution in [0.2, 0.25) is 0 Å². The number of H-pyrrole nitrogens is 1. The molecule has 0 unspecified atom stereocenters. The number of hydrogen-bond donors (Lipinski definition) is 2. The summed E-state index contributed by atoms with van der Waals surface area (Å²) in [6, 6.07) is 16.2. The number of nitrogens with one attached hydrogen (secondary N) is 2. The number of aromatic amines is 1. The van der Waals surface area contributed by atoms with Gasteiger partial charge in [-0.25, -0.2) is 0 Å². The van der Waals surface area contributed by atoms with Crippen molar-refractivity contribution in [3.05, 3.63) is 65.4 Å². The predicted octanol–water partition coefficient (Wildman–Crippen LogP) is 2.54. The van der Waals surface area contributed by atoms with Crippen LogP contribution in [0.5, 0.6) is 0 Å². The zero-order valence-electron chi connectivity index (χ0n) is 13.7. The zero-order chi connectivity index (χ0) is 17.0. The fraction of sp³-hybridized carbons (Fsp3) is 0.190. The third-order valence-corrected chi connectivity index (χ3v) is 5.37. The molecular weight excluding hydrogens is 310 g/mol. The summed E-state index contributed by atoms with van der Waals surface area (Å²) in [6.07, 6.45) is 6.42. The molecule has 1 aromatic heterocycles. The second kappa shape index (κ2) is 4.98. The molecule has 2 N–H and O–H groups in total. The molecule has 0 saturated heterocycles. The van der Waals surface area contributed by atoms with Crippen molar-refractivity contribution in [2.75, 3.05) is 18.0 Å². The number of anilines is 1. The van der Waals surface area contributed by atoms with Crippen LogP contribution >= 0.6 is 0 Å². The molecule has 0 saturated carbocycles. The number of benzene rings is 2. The normalized spacial score (nSPS) is 21.4. The van der Waals surface area contributed by atoms with Crippen molar-refractivity contribution < 1.29 is 4.79 Å². The lowest BCUT2D eigenvalue weighted by atomic mass is 9.82. The summed E-state index contributed by atoms with van der Waals surface area (Å²) in [5.74, 6) is 2.62. The third kappa shape index (κ3) is 1.68. The van der Waals surface area contributed by atoms with Gasteiger partial charge in [-0.1, -0.05) is 42.3 Å². The Bertz CT molecular complexity index is 1060. The van der Waals surface area contributed by atoms with Crippen LogP contribution in [0.1, 0.15) is 16.8 Å². The Morgan fingerprint density at radius 2 is 1.96 bits per heavy atom. The molecule has 0 fully saturated rings. The van der Waals surface area contributed by atoms with Crippen LogP contribution in [-0.4, -0.2) is 24.0 Å². The van der Waals surface area contributed by atoms with Gasteiger partial charge in [-0.15, -0.1) is 6.42 Å². The maximum atomic E-state index is 13.5. The minimum atomic E-state index is -0.875. The number of carbonyl (C=O) groups is 1. The lowest BCUT2D eigenvalue weighted by molar-refractivity contribution is -0.123. The number of fused-ring (bicyclic) bond motifs is 6. The van der Waals surface area contributed by atoms with E-state index in [1.165, 1.54) is 10.9 Å². The highest BCUT2D eigenvalue weighted by Gasteiger charge is 2.54. The zero-order valence-corrected chi connectivity index (χ0v) is 13.7. The molecule has 1 amide bonds. The number of hydrogen-bond acceptors (Lipinski definition) is 2. The topological polar surface area (TPSA) is 48.1 Å². The molecule has 1 spiro atoms. The largest absolute Gasteiger partial charge is 0.356 e. The molecule has 5 rings (SSSR count). The first-order chi connectivity index (χ1) is 12.3. The number of aromatic nitrogens is 1. The fourth-order valence-corrected chi connectivity index (χ4v) is 4.36. The number of para-hydroxylation sites is 2. The van der Waals surface area contributed by atoms with Crippen LogP contribution < -0.4 is 10.2 Å². The molecule has 4 heteroatoms. The van der Waals surface area contributed by atoms with Gasteiger partial charge in [0, 0.05) is 23.0 Å². The Morgan fingerprint density at radius 3 is 2.84 bits per heavy atom. The third-order valence-electron chi connectivity index (χ3n) is 5.37. The van der Waals surface area contributed by atoms with Crippen molar-refractivity contribution in [1.29, 1.82) is 0 Å². The summed E-state index contributed by atoms with van der Waals surface area (Å²) >= 11 is 0. The van der Waals surface area contributed by atoms with Crippen LogP contribution in [0.25, 0.3) is 10.9 Å². The average molecular weight is 327 g/mol. The van der Waals surface area contributed by atoms with Gasteiger partial charge in [-0.3, -0.25) is 15.0 Å². The van der Waals surface area contributed by atoms with Crippen molar-refractivity contribution in [2.45, 2.75) is 12.0 Å². The Hall–Kier alpha value is -3.03. The summed E-state index contributed by atoms with van der Waals surface area (Å²) in [5, 5.41) is 4.71. The van der Waals surface area contributed by atoms with Gasteiger partial charge in [0.15, 0.2) is 5.54 Å². The molecule has 25 heavy (non-hydrogen) atoms. The standard InChI is InChI=1S/C21H17N3O/c1-2-13-24-18-10-6-4-8-16(18)21(20(24)25)19-15(11-12-22-21)14-7-3-5-9-17(14)23-19/h1,3-10,22-23H,11-13H2/t21-/m1/s1. The molecule has 2 aliphatic rings. The first kappa shape index (κ1) is 14.3. The van der Waals surface area contributed by atoms with Gasteiger partial charge >= 0.3 is 0 Å². The van der Waals surface area contributed by atoms with Gasteiger partial charge in [-0.05, 0) is 24.1 Å². The van der Waals surface area contributed by atoms with Crippen LogP contribution in [0.15, 0.2) is 48.5 Å². The average Bonchev–Trinajstić information content (AvgIpc) is 3.14. The summed E-state index contributed by atoms with van der Waals surface area (Å²) < 4.78 is 0. The summed E-state index contributed by atoms with van der Waals surface area (Å²) in [4.78, 5) is 18.7. The molecular formula is C21H17N3O. The van der Waals surface area contributed by atoms with E-state index >= 15 is 0 Å². The van der Waals surface area contributed by atoms with Gasteiger partial charge in [0.25, 0.3) is 5.91 Å². The monoisotopic (exact) mass is 327 g/mol. The summed E-state index contributed by atoms with van der Waals surface area (Å²) in [6.45, 7) is 1.02. The molecule has 0 bridgehead atoms. The number of terminal acetylenes is 1. The van der Waals surface area contributed by atoms with Crippen LogP contribution in [-0.2, 0) is 16.8 Å². The smallest absolute Gasteiger partial charge is 0.259 e. The first-order valence-corrected chi connectivity index (χ1v) is 8.47. The van der Waals surface area contributed by atoms with E-state index in [0.717, 1.165) is 35.4 Å². The van der Waals surface area contributed by atoms with E-state index in [4.69, 9.17) is 6.42 Å². The maximum Gasteiger partial charge on any atom is 0.259 e. The highest BCUT2D eigenvalue weighted by Crippen LogP contribution is 2.47. The van der Waals surface area contributed by atoms with E-state index in [9.17, 15) is 4.79 Å². The number of nitrogens with zero attached hydrogens (tertiary/aromatic N) is 1. The van der Waals surface area contributed by atoms with Crippen molar-refractivity contribution in [3.8, 4) is 12.3 Å². The van der Waals surface area contributed by atoms with Gasteiger partial charge in [0.2, 0.25) is 0 Å². The van der Waals surface area contributed by atoms with Crippen LogP contribution in [0.3, 0.4) is 0 Å². The van der Waals surface area contributed by atoms with Crippen molar-refractivity contribution >= 4 is 22.5 Å². The highest BCUT2D eigenvalue weighted by molar-refractivity contribution is 6.11. The number of amides is 1. The minimum absolute atomic E-state index is 0.000781. The van der Waals surface area contributed by atoms with Gasteiger partial charge < -0.3 is 4.98 Å². The molecule has 122 valence electrons. The molecule has 2 aromatic carbocycles. The van der Waals surface area contributed by atoms with E-state index in [1.54, 1.807) is 4.90 Å². The van der Waals surface area contributed by atoms with E-state index in [1.807, 2.05) is 36.4 Å². The van der Waals surface area contributed by atoms with Crippen molar-refractivity contribution in [2.24, 2.45) is 0 Å². The molecule has 0 aliphatic carbocycles. The maximum absolute atomic E-state index is 13.5. The van der Waals surface area contributed by atoms with E-state index < -0.39 is 5.54 Å². The van der Waals surface area contributed by atoms with Crippen LogP contribution in [0, 0.1) is 12.3 Å². The minimum Gasteiger partial charge on any atom is -0.356 e. The van der Waals surface area contributed by atoms with Crippen LogP contribution in [0.4, 0.5) is 5.69 Å². The summed E-state index contributed by atoms with van der Waals surface area (Å²) in [7, 11) is 0. The SMILES string of the molecule is C#CCN1C(=O)[C@@]2(NCCc3c2[nH]c2ccccc32)c2ccccc21. The lowest BCUT2D eigenvalue weighted by Crippen LogP contribution is -2.55. The van der Waals surface area contributed by atoms with Gasteiger partial charge in [0.1, 0.15) is 0 Å². The number of carbonyl (C=O) groups excluding carboxylic acids is 1. The van der Waals surface area contributed by atoms with Crippen molar-refractivity contribution in [1.82, 2.24) is 10.3 Å². The predicted molar refractivity (Wildman–Crippen MR) is 98.4 cm³/mol. The van der Waals surface area contributed by atoms with Crippen molar-refractivity contribution in [3.63, 3.8) is 0 Å². The highest BCUT2D eigenvalue weighted by atomic mass is 16.2.